The minimum absolute atomic E-state index is 0.0615. The number of likely N-dealkylation sites (N-methyl/N-ethyl adjacent to an activating group) is 1. The van der Waals surface area contributed by atoms with Crippen LogP contribution in [0, 0.1) is 17.1 Å². The fourth-order valence-corrected chi connectivity index (χ4v) is 2.88. The number of ether oxygens (including phenoxy) is 2. The van der Waals surface area contributed by atoms with Gasteiger partial charge in [0, 0.05) is 7.05 Å². The van der Waals surface area contributed by atoms with E-state index in [2.05, 4.69) is 6.07 Å². The van der Waals surface area contributed by atoms with Crippen molar-refractivity contribution in [2.45, 2.75) is 37.6 Å². The van der Waals surface area contributed by atoms with Gasteiger partial charge in [-0.1, -0.05) is 31.4 Å². The molecule has 134 valence electrons. The number of para-hydroxylation sites is 1. The Balaban J connectivity index is 1.81. The monoisotopic (exact) mass is 348 g/mol. The molecule has 1 aliphatic carbocycles. The number of amides is 1. The van der Waals surface area contributed by atoms with Crippen LogP contribution in [0.15, 0.2) is 24.3 Å². The van der Waals surface area contributed by atoms with E-state index >= 15 is 0 Å². The molecule has 0 radical (unpaired) electrons. The van der Waals surface area contributed by atoms with Crippen molar-refractivity contribution in [3.05, 3.63) is 30.1 Å². The summed E-state index contributed by atoms with van der Waals surface area (Å²) >= 11 is 0. The summed E-state index contributed by atoms with van der Waals surface area (Å²) in [7, 11) is 1.56. The predicted molar refractivity (Wildman–Crippen MR) is 87.1 cm³/mol. The van der Waals surface area contributed by atoms with Gasteiger partial charge in [-0.3, -0.25) is 4.79 Å². The highest BCUT2D eigenvalue weighted by Crippen LogP contribution is 2.32. The number of rotatable bonds is 6. The molecule has 25 heavy (non-hydrogen) atoms. The van der Waals surface area contributed by atoms with Gasteiger partial charge in [0.25, 0.3) is 5.91 Å². The van der Waals surface area contributed by atoms with Crippen molar-refractivity contribution in [3.8, 4) is 11.8 Å². The van der Waals surface area contributed by atoms with Crippen molar-refractivity contribution in [2.24, 2.45) is 0 Å². The van der Waals surface area contributed by atoms with E-state index in [4.69, 9.17) is 9.47 Å². The minimum atomic E-state index is -0.828. The maximum Gasteiger partial charge on any atom is 0.344 e. The Bertz CT molecular complexity index is 665. The zero-order valence-corrected chi connectivity index (χ0v) is 14.2. The Kier molecular flexibility index (Phi) is 6.34. The molecule has 1 aromatic rings. The standard InChI is InChI=1S/C18H21FN2O4/c1-21(18(13-20)9-5-2-6-10-18)16(22)11-25-17(23)12-24-15-8-4-3-7-14(15)19/h3-4,7-8H,2,5-6,9-12H2,1H3. The van der Waals surface area contributed by atoms with Gasteiger partial charge in [-0.25, -0.2) is 9.18 Å². The Morgan fingerprint density at radius 2 is 1.92 bits per heavy atom. The summed E-state index contributed by atoms with van der Waals surface area (Å²) in [6.45, 7) is -0.972. The fraction of sp³-hybridized carbons (Fsp3) is 0.500. The van der Waals surface area contributed by atoms with E-state index in [0.717, 1.165) is 19.3 Å². The lowest BCUT2D eigenvalue weighted by molar-refractivity contribution is -0.155. The van der Waals surface area contributed by atoms with Gasteiger partial charge in [0.1, 0.15) is 5.54 Å². The van der Waals surface area contributed by atoms with Crippen LogP contribution in [-0.2, 0) is 14.3 Å². The highest BCUT2D eigenvalue weighted by atomic mass is 19.1. The third-order valence-corrected chi connectivity index (χ3v) is 4.44. The lowest BCUT2D eigenvalue weighted by Gasteiger charge is -2.38. The number of hydrogen-bond acceptors (Lipinski definition) is 5. The second-order valence-electron chi connectivity index (χ2n) is 6.04. The second kappa shape index (κ2) is 8.47. The Hall–Kier alpha value is -2.62. The minimum Gasteiger partial charge on any atom is -0.479 e. The molecule has 1 saturated carbocycles. The molecule has 6 nitrogen and oxygen atoms in total. The molecule has 1 aliphatic rings. The van der Waals surface area contributed by atoms with Crippen LogP contribution >= 0.6 is 0 Å². The number of hydrogen-bond donors (Lipinski definition) is 0. The van der Waals surface area contributed by atoms with Gasteiger partial charge in [-0.15, -0.1) is 0 Å². The van der Waals surface area contributed by atoms with E-state index < -0.39 is 36.4 Å². The highest BCUT2D eigenvalue weighted by Gasteiger charge is 2.38. The van der Waals surface area contributed by atoms with Crippen LogP contribution in [0.4, 0.5) is 4.39 Å². The fourth-order valence-electron chi connectivity index (χ4n) is 2.88. The highest BCUT2D eigenvalue weighted by molar-refractivity contribution is 5.81. The first kappa shape index (κ1) is 18.7. The zero-order chi connectivity index (χ0) is 18.3. The van der Waals surface area contributed by atoms with Gasteiger partial charge in [0.05, 0.1) is 6.07 Å². The SMILES string of the molecule is CN(C(=O)COC(=O)COc1ccccc1F)C1(C#N)CCCCC1. The summed E-state index contributed by atoms with van der Waals surface area (Å²) in [5, 5.41) is 9.47. The molecule has 0 aliphatic heterocycles. The lowest BCUT2D eigenvalue weighted by atomic mass is 9.81. The summed E-state index contributed by atoms with van der Waals surface area (Å²) in [5.41, 5.74) is -0.828. The van der Waals surface area contributed by atoms with Crippen molar-refractivity contribution in [3.63, 3.8) is 0 Å². The second-order valence-corrected chi connectivity index (χ2v) is 6.04. The van der Waals surface area contributed by atoms with E-state index in [1.165, 1.54) is 23.1 Å². The first-order chi connectivity index (χ1) is 12.0. The molecular weight excluding hydrogens is 327 g/mol. The average Bonchev–Trinajstić information content (AvgIpc) is 2.65. The molecule has 0 heterocycles. The number of halogens is 1. The molecule has 1 aromatic carbocycles. The summed E-state index contributed by atoms with van der Waals surface area (Å²) in [5.74, 6) is -1.87. The quantitative estimate of drug-likeness (QED) is 0.738. The maximum atomic E-state index is 13.4. The molecule has 0 aromatic heterocycles. The first-order valence-electron chi connectivity index (χ1n) is 8.19. The third kappa shape index (κ3) is 4.69. The largest absolute Gasteiger partial charge is 0.479 e. The smallest absolute Gasteiger partial charge is 0.344 e. The topological polar surface area (TPSA) is 79.6 Å². The van der Waals surface area contributed by atoms with Crippen molar-refractivity contribution in [1.29, 1.82) is 5.26 Å². The normalized spacial score (nSPS) is 15.7. The van der Waals surface area contributed by atoms with Crippen molar-refractivity contribution in [1.82, 2.24) is 4.90 Å². The molecule has 0 saturated heterocycles. The third-order valence-electron chi connectivity index (χ3n) is 4.44. The van der Waals surface area contributed by atoms with E-state index in [1.807, 2.05) is 0 Å². The molecular formula is C18H21FN2O4. The molecule has 1 amide bonds. The van der Waals surface area contributed by atoms with Crippen LogP contribution in [0.1, 0.15) is 32.1 Å². The predicted octanol–water partition coefficient (Wildman–Crippen LogP) is 2.43. The molecule has 7 heteroatoms. The molecule has 0 unspecified atom stereocenters. The average molecular weight is 348 g/mol. The summed E-state index contributed by atoms with van der Waals surface area (Å²) in [6, 6.07) is 7.92. The molecule has 2 rings (SSSR count). The van der Waals surface area contributed by atoms with E-state index in [1.54, 1.807) is 13.1 Å². The van der Waals surface area contributed by atoms with Crippen LogP contribution in [0.3, 0.4) is 0 Å². The number of carbonyl (C=O) groups is 2. The van der Waals surface area contributed by atoms with E-state index in [0.29, 0.717) is 12.8 Å². The van der Waals surface area contributed by atoms with Crippen LogP contribution in [-0.4, -0.2) is 42.6 Å². The van der Waals surface area contributed by atoms with Crippen LogP contribution in [0.5, 0.6) is 5.75 Å². The van der Waals surface area contributed by atoms with Gasteiger partial charge < -0.3 is 14.4 Å². The van der Waals surface area contributed by atoms with Crippen molar-refractivity contribution in [2.75, 3.05) is 20.3 Å². The van der Waals surface area contributed by atoms with Gasteiger partial charge in [0.15, 0.2) is 24.8 Å². The number of nitriles is 1. The molecule has 0 N–H and O–H groups in total. The summed E-state index contributed by atoms with van der Waals surface area (Å²) < 4.78 is 23.3. The molecule has 0 atom stereocenters. The number of carbonyl (C=O) groups excluding carboxylic acids is 2. The molecule has 0 bridgehead atoms. The molecule has 1 fully saturated rings. The first-order valence-corrected chi connectivity index (χ1v) is 8.19. The van der Waals surface area contributed by atoms with E-state index in [-0.39, 0.29) is 5.75 Å². The maximum absolute atomic E-state index is 13.4. The Labute approximate surface area is 146 Å². The number of benzene rings is 1. The van der Waals surface area contributed by atoms with Crippen molar-refractivity contribution >= 4 is 11.9 Å². The van der Waals surface area contributed by atoms with Crippen LogP contribution in [0.2, 0.25) is 0 Å². The van der Waals surface area contributed by atoms with Gasteiger partial charge in [-0.2, -0.15) is 5.26 Å². The van der Waals surface area contributed by atoms with Crippen LogP contribution < -0.4 is 4.74 Å². The Morgan fingerprint density at radius 3 is 2.56 bits per heavy atom. The zero-order valence-electron chi connectivity index (χ0n) is 14.2. The Morgan fingerprint density at radius 1 is 1.24 bits per heavy atom. The molecule has 0 spiro atoms. The van der Waals surface area contributed by atoms with E-state index in [9.17, 15) is 19.2 Å². The number of esters is 1. The summed E-state index contributed by atoms with van der Waals surface area (Å²) in [4.78, 5) is 25.3. The van der Waals surface area contributed by atoms with Crippen LogP contribution in [0.25, 0.3) is 0 Å². The number of nitrogens with zero attached hydrogens (tertiary/aromatic N) is 2. The van der Waals surface area contributed by atoms with Gasteiger partial charge >= 0.3 is 5.97 Å². The van der Waals surface area contributed by atoms with Gasteiger partial charge in [-0.05, 0) is 25.0 Å². The van der Waals surface area contributed by atoms with Crippen molar-refractivity contribution < 1.29 is 23.5 Å². The summed E-state index contributed by atoms with van der Waals surface area (Å²) in [6.07, 6.45) is 4.07. The lowest BCUT2D eigenvalue weighted by Crippen LogP contribution is -2.51. The van der Waals surface area contributed by atoms with Gasteiger partial charge in [0.2, 0.25) is 0 Å².